The van der Waals surface area contributed by atoms with Gasteiger partial charge < -0.3 is 20.7 Å². The van der Waals surface area contributed by atoms with Crippen LogP contribution in [0.5, 0.6) is 0 Å². The molecule has 30 heavy (non-hydrogen) atoms. The van der Waals surface area contributed by atoms with Crippen molar-refractivity contribution in [2.45, 2.75) is 38.8 Å². The summed E-state index contributed by atoms with van der Waals surface area (Å²) in [5.41, 5.74) is 1.94. The second-order valence-corrected chi connectivity index (χ2v) is 8.26. The summed E-state index contributed by atoms with van der Waals surface area (Å²) in [6.07, 6.45) is 10.6. The molecular weight excluding hydrogens is 423 g/mol. The fourth-order valence-corrected chi connectivity index (χ4v) is 3.72. The van der Waals surface area contributed by atoms with Crippen molar-refractivity contribution in [2.75, 3.05) is 11.9 Å². The molecule has 3 atom stereocenters. The van der Waals surface area contributed by atoms with Crippen LogP contribution in [0, 0.1) is 5.92 Å². The van der Waals surface area contributed by atoms with Crippen LogP contribution in [0.2, 0.25) is 5.02 Å². The fourth-order valence-electron chi connectivity index (χ4n) is 3.25. The number of rotatable bonds is 8. The number of aromatic nitrogens is 2. The maximum atomic E-state index is 12.7. The number of pyridine rings is 1. The van der Waals surface area contributed by atoms with E-state index in [4.69, 9.17) is 23.2 Å². The van der Waals surface area contributed by atoms with Gasteiger partial charge in [0.15, 0.2) is 0 Å². The number of halogens is 2. The third kappa shape index (κ3) is 5.45. The Morgan fingerprint density at radius 1 is 1.40 bits per heavy atom. The van der Waals surface area contributed by atoms with E-state index in [2.05, 4.69) is 34.4 Å². The monoisotopic (exact) mass is 448 g/mol. The molecule has 0 spiro atoms. The van der Waals surface area contributed by atoms with Crippen molar-refractivity contribution in [2.24, 2.45) is 5.92 Å². The maximum Gasteiger partial charge on any atom is 0.268 e. The van der Waals surface area contributed by atoms with E-state index in [0.29, 0.717) is 22.2 Å². The Morgan fingerprint density at radius 3 is 2.90 bits per heavy atom. The summed E-state index contributed by atoms with van der Waals surface area (Å²) in [7, 11) is 0. The average Bonchev–Trinajstić information content (AvgIpc) is 3.23. The van der Waals surface area contributed by atoms with Crippen molar-refractivity contribution in [3.63, 3.8) is 0 Å². The minimum Gasteiger partial charge on any atom is -0.394 e. The number of aliphatic hydroxyl groups is 1. The molecule has 0 radical (unpaired) electrons. The van der Waals surface area contributed by atoms with E-state index in [0.717, 1.165) is 23.4 Å². The molecule has 2 aromatic heterocycles. The predicted molar refractivity (Wildman–Crippen MR) is 122 cm³/mol. The predicted octanol–water partition coefficient (Wildman–Crippen LogP) is 4.73. The lowest BCUT2D eigenvalue weighted by Crippen LogP contribution is -2.42. The first-order chi connectivity index (χ1) is 14.4. The average molecular weight is 449 g/mol. The standard InChI is InChI=1S/C22H26Cl2N4O2/c1-3-13(2)27-21-9-17(18(24)11-26-21)15-8-19(25-10-15)22(30)28-20(12-29)14-5-4-6-16(23)7-14/h4,6-11,13-14,20,25,29H,3,5,12H2,1-2H3,(H,26,27)(H,28,30)/t13-,14?,20+/m0/s1. The Bertz CT molecular complexity index is 954. The number of H-pyrrole nitrogens is 1. The first-order valence-electron chi connectivity index (χ1n) is 9.97. The summed E-state index contributed by atoms with van der Waals surface area (Å²) in [5, 5.41) is 17.1. The van der Waals surface area contributed by atoms with Crippen molar-refractivity contribution in [3.8, 4) is 11.1 Å². The SMILES string of the molecule is CC[C@H](C)Nc1cc(-c2c[nH]c(C(=O)N[C@H](CO)C3C=C(Cl)C=CC3)c2)c(Cl)cn1. The molecule has 2 aromatic rings. The minimum absolute atomic E-state index is 0.0605. The van der Waals surface area contributed by atoms with Crippen LogP contribution in [0.1, 0.15) is 37.2 Å². The molecule has 1 aliphatic rings. The zero-order chi connectivity index (χ0) is 21.7. The van der Waals surface area contributed by atoms with Gasteiger partial charge in [-0.3, -0.25) is 4.79 Å². The van der Waals surface area contributed by atoms with E-state index < -0.39 is 6.04 Å². The van der Waals surface area contributed by atoms with Crippen LogP contribution in [-0.2, 0) is 0 Å². The van der Waals surface area contributed by atoms with Gasteiger partial charge in [-0.05, 0) is 38.0 Å². The van der Waals surface area contributed by atoms with E-state index in [9.17, 15) is 9.90 Å². The highest BCUT2D eigenvalue weighted by molar-refractivity contribution is 6.33. The fraction of sp³-hybridized carbons (Fsp3) is 0.364. The molecule has 0 saturated carbocycles. The molecule has 2 heterocycles. The molecule has 160 valence electrons. The van der Waals surface area contributed by atoms with E-state index >= 15 is 0 Å². The Labute approximate surface area is 186 Å². The van der Waals surface area contributed by atoms with E-state index in [1.165, 1.54) is 0 Å². The highest BCUT2D eigenvalue weighted by atomic mass is 35.5. The Kier molecular flexibility index (Phi) is 7.58. The van der Waals surface area contributed by atoms with E-state index in [-0.39, 0.29) is 24.5 Å². The number of nitrogens with one attached hydrogen (secondary N) is 3. The lowest BCUT2D eigenvalue weighted by atomic mass is 9.93. The summed E-state index contributed by atoms with van der Waals surface area (Å²) in [6, 6.07) is 3.46. The summed E-state index contributed by atoms with van der Waals surface area (Å²) < 4.78 is 0. The normalized spacial score (nSPS) is 17.9. The molecule has 6 nitrogen and oxygen atoms in total. The van der Waals surface area contributed by atoms with Crippen LogP contribution < -0.4 is 10.6 Å². The molecule has 0 fully saturated rings. The number of allylic oxidation sites excluding steroid dienone is 3. The largest absolute Gasteiger partial charge is 0.394 e. The molecule has 1 amide bonds. The van der Waals surface area contributed by atoms with Gasteiger partial charge in [-0.25, -0.2) is 4.98 Å². The van der Waals surface area contributed by atoms with Crippen molar-refractivity contribution in [3.05, 3.63) is 58.5 Å². The zero-order valence-electron chi connectivity index (χ0n) is 17.0. The lowest BCUT2D eigenvalue weighted by molar-refractivity contribution is 0.0895. The molecule has 3 rings (SSSR count). The van der Waals surface area contributed by atoms with Crippen LogP contribution in [0.3, 0.4) is 0 Å². The smallest absolute Gasteiger partial charge is 0.268 e. The molecule has 0 aliphatic heterocycles. The quantitative estimate of drug-likeness (QED) is 0.469. The van der Waals surface area contributed by atoms with Crippen LogP contribution in [-0.4, -0.2) is 39.7 Å². The molecular formula is C22H26Cl2N4O2. The first kappa shape index (κ1) is 22.4. The summed E-state index contributed by atoms with van der Waals surface area (Å²) in [5.74, 6) is 0.363. The molecule has 0 bridgehead atoms. The molecule has 0 saturated heterocycles. The molecule has 4 N–H and O–H groups in total. The van der Waals surface area contributed by atoms with Gasteiger partial charge in [0.1, 0.15) is 11.5 Å². The minimum atomic E-state index is -0.432. The Morgan fingerprint density at radius 2 is 2.20 bits per heavy atom. The third-order valence-electron chi connectivity index (χ3n) is 5.19. The number of hydrogen-bond acceptors (Lipinski definition) is 4. The van der Waals surface area contributed by atoms with E-state index in [1.54, 1.807) is 18.5 Å². The summed E-state index contributed by atoms with van der Waals surface area (Å²) in [6.45, 7) is 3.99. The van der Waals surface area contributed by atoms with E-state index in [1.807, 2.05) is 24.3 Å². The van der Waals surface area contributed by atoms with Gasteiger partial charge in [0.2, 0.25) is 0 Å². The topological polar surface area (TPSA) is 90.0 Å². The van der Waals surface area contributed by atoms with Crippen LogP contribution in [0.4, 0.5) is 5.82 Å². The Balaban J connectivity index is 1.75. The Hall–Kier alpha value is -2.28. The second kappa shape index (κ2) is 10.2. The zero-order valence-corrected chi connectivity index (χ0v) is 18.5. The number of aliphatic hydroxyl groups excluding tert-OH is 1. The number of anilines is 1. The molecule has 0 aromatic carbocycles. The first-order valence-corrected chi connectivity index (χ1v) is 10.7. The number of carbonyl (C=O) groups excluding carboxylic acids is 1. The number of aromatic amines is 1. The van der Waals surface area contributed by atoms with Gasteiger partial charge in [-0.2, -0.15) is 0 Å². The van der Waals surface area contributed by atoms with Gasteiger partial charge in [-0.15, -0.1) is 0 Å². The number of nitrogens with zero attached hydrogens (tertiary/aromatic N) is 1. The van der Waals surface area contributed by atoms with Crippen molar-refractivity contribution in [1.82, 2.24) is 15.3 Å². The van der Waals surface area contributed by atoms with Gasteiger partial charge >= 0.3 is 0 Å². The maximum absolute atomic E-state index is 12.7. The number of carbonyl (C=O) groups is 1. The number of amides is 1. The highest BCUT2D eigenvalue weighted by Gasteiger charge is 2.23. The van der Waals surface area contributed by atoms with Gasteiger partial charge in [0.05, 0.1) is 17.7 Å². The second-order valence-electron chi connectivity index (χ2n) is 7.42. The summed E-state index contributed by atoms with van der Waals surface area (Å²) in [4.78, 5) is 20.1. The van der Waals surface area contributed by atoms with Crippen LogP contribution >= 0.6 is 23.2 Å². The van der Waals surface area contributed by atoms with Crippen LogP contribution in [0.15, 0.2) is 47.8 Å². The molecule has 1 unspecified atom stereocenters. The van der Waals surface area contributed by atoms with Crippen molar-refractivity contribution < 1.29 is 9.90 Å². The molecule has 8 heteroatoms. The van der Waals surface area contributed by atoms with Gasteiger partial charge in [-0.1, -0.05) is 42.3 Å². The summed E-state index contributed by atoms with van der Waals surface area (Å²) >= 11 is 12.4. The van der Waals surface area contributed by atoms with Crippen molar-refractivity contribution >= 4 is 34.9 Å². The van der Waals surface area contributed by atoms with Crippen LogP contribution in [0.25, 0.3) is 11.1 Å². The van der Waals surface area contributed by atoms with Gasteiger partial charge in [0.25, 0.3) is 5.91 Å². The van der Waals surface area contributed by atoms with Gasteiger partial charge in [0, 0.05) is 40.5 Å². The third-order valence-corrected chi connectivity index (χ3v) is 5.74. The molecule has 1 aliphatic carbocycles. The number of hydrogen-bond donors (Lipinski definition) is 4. The highest BCUT2D eigenvalue weighted by Crippen LogP contribution is 2.30. The van der Waals surface area contributed by atoms with Crippen molar-refractivity contribution in [1.29, 1.82) is 0 Å². The lowest BCUT2D eigenvalue weighted by Gasteiger charge is -2.24.